The van der Waals surface area contributed by atoms with Crippen molar-refractivity contribution in [1.29, 1.82) is 0 Å². The third kappa shape index (κ3) is 5.96. The van der Waals surface area contributed by atoms with Crippen molar-refractivity contribution in [3.05, 3.63) is 29.6 Å². The lowest BCUT2D eigenvalue weighted by Crippen LogP contribution is -2.24. The fourth-order valence-corrected chi connectivity index (χ4v) is 1.53. The molecular formula is C15H25NO4. The summed E-state index contributed by atoms with van der Waals surface area (Å²) < 4.78 is 10.9. The Labute approximate surface area is 120 Å². The predicted octanol–water partition coefficient (Wildman–Crippen LogP) is 2.69. The largest absolute Gasteiger partial charge is 0.363 e. The number of hydrogen-bond acceptors (Lipinski definition) is 5. The lowest BCUT2D eigenvalue weighted by atomic mass is 10.2. The van der Waals surface area contributed by atoms with Crippen LogP contribution in [-0.2, 0) is 9.47 Å². The van der Waals surface area contributed by atoms with Crippen LogP contribution in [0.3, 0.4) is 0 Å². The minimum atomic E-state index is -1.14. The quantitative estimate of drug-likeness (QED) is 0.831. The fourth-order valence-electron chi connectivity index (χ4n) is 1.53. The first kappa shape index (κ1) is 17.0. The van der Waals surface area contributed by atoms with Crippen LogP contribution in [0.4, 0.5) is 0 Å². The molecule has 5 nitrogen and oxygen atoms in total. The van der Waals surface area contributed by atoms with E-state index in [1.54, 1.807) is 18.2 Å². The number of pyridine rings is 1. The van der Waals surface area contributed by atoms with E-state index in [0.717, 1.165) is 0 Å². The molecule has 1 heterocycles. The summed E-state index contributed by atoms with van der Waals surface area (Å²) in [6.07, 6.45) is -2.28. The van der Waals surface area contributed by atoms with Gasteiger partial charge < -0.3 is 19.7 Å². The Kier molecular flexibility index (Phi) is 5.27. The average Bonchev–Trinajstić information content (AvgIpc) is 2.24. The summed E-state index contributed by atoms with van der Waals surface area (Å²) in [5, 5.41) is 20.0. The van der Waals surface area contributed by atoms with Gasteiger partial charge in [-0.1, -0.05) is 6.07 Å². The molecule has 1 aromatic heterocycles. The monoisotopic (exact) mass is 283 g/mol. The standard InChI is InChI=1S/C15H25NO4/c1-14(2,3)19-12(17)10-8-7-9-11(16-10)13(18)20-15(4,5)6/h7-9,12-13,17-18H,1-6H3. The molecule has 2 N–H and O–H groups in total. The van der Waals surface area contributed by atoms with Gasteiger partial charge in [-0.25, -0.2) is 4.98 Å². The third-order valence-electron chi connectivity index (χ3n) is 2.23. The SMILES string of the molecule is CC(C)(C)OC(O)c1cccc(C(O)OC(C)(C)C)n1. The summed E-state index contributed by atoms with van der Waals surface area (Å²) >= 11 is 0. The van der Waals surface area contributed by atoms with E-state index in [1.807, 2.05) is 41.5 Å². The second-order valence-electron chi connectivity index (χ2n) is 6.65. The van der Waals surface area contributed by atoms with Crippen LogP contribution in [0, 0.1) is 0 Å². The van der Waals surface area contributed by atoms with E-state index >= 15 is 0 Å². The van der Waals surface area contributed by atoms with E-state index in [-0.39, 0.29) is 0 Å². The van der Waals surface area contributed by atoms with Crippen LogP contribution in [0.25, 0.3) is 0 Å². The Morgan fingerprint density at radius 3 is 1.50 bits per heavy atom. The molecule has 1 aromatic rings. The molecule has 20 heavy (non-hydrogen) atoms. The van der Waals surface area contributed by atoms with E-state index in [4.69, 9.17) is 9.47 Å². The molecule has 0 spiro atoms. The van der Waals surface area contributed by atoms with Crippen LogP contribution >= 0.6 is 0 Å². The molecule has 0 amide bonds. The molecule has 0 aliphatic rings. The smallest absolute Gasteiger partial charge is 0.199 e. The minimum absolute atomic E-state index is 0.342. The zero-order chi connectivity index (χ0) is 15.6. The Morgan fingerprint density at radius 1 is 0.850 bits per heavy atom. The first-order valence-corrected chi connectivity index (χ1v) is 6.66. The summed E-state index contributed by atoms with van der Waals surface area (Å²) in [7, 11) is 0. The van der Waals surface area contributed by atoms with Crippen molar-refractivity contribution in [3.63, 3.8) is 0 Å². The van der Waals surface area contributed by atoms with Crippen LogP contribution in [0.15, 0.2) is 18.2 Å². The molecule has 1 rings (SSSR count). The number of ether oxygens (including phenoxy) is 2. The Hall–Kier alpha value is -1.01. The summed E-state index contributed by atoms with van der Waals surface area (Å²) in [5.74, 6) is 0. The number of rotatable bonds is 4. The van der Waals surface area contributed by atoms with Gasteiger partial charge in [0, 0.05) is 0 Å². The van der Waals surface area contributed by atoms with Crippen molar-refractivity contribution in [2.45, 2.75) is 65.3 Å². The van der Waals surface area contributed by atoms with Crippen molar-refractivity contribution in [2.75, 3.05) is 0 Å². The highest BCUT2D eigenvalue weighted by atomic mass is 16.6. The molecule has 0 aliphatic carbocycles. The van der Waals surface area contributed by atoms with Crippen molar-refractivity contribution >= 4 is 0 Å². The second-order valence-corrected chi connectivity index (χ2v) is 6.65. The van der Waals surface area contributed by atoms with E-state index < -0.39 is 23.8 Å². The third-order valence-corrected chi connectivity index (χ3v) is 2.23. The molecule has 0 radical (unpaired) electrons. The number of aliphatic hydroxyl groups excluding tert-OH is 2. The Balaban J connectivity index is 2.85. The molecule has 0 aliphatic heterocycles. The average molecular weight is 283 g/mol. The first-order chi connectivity index (χ1) is 8.98. The molecule has 5 heteroatoms. The van der Waals surface area contributed by atoms with Crippen LogP contribution < -0.4 is 0 Å². The number of aliphatic hydroxyl groups is 2. The van der Waals surface area contributed by atoms with Gasteiger partial charge in [-0.05, 0) is 53.7 Å². The lowest BCUT2D eigenvalue weighted by Gasteiger charge is -2.25. The topological polar surface area (TPSA) is 71.8 Å². The normalized spacial score (nSPS) is 16.0. The van der Waals surface area contributed by atoms with Gasteiger partial charge in [-0.2, -0.15) is 0 Å². The van der Waals surface area contributed by atoms with Crippen molar-refractivity contribution in [3.8, 4) is 0 Å². The fraction of sp³-hybridized carbons (Fsp3) is 0.667. The van der Waals surface area contributed by atoms with E-state index in [1.165, 1.54) is 0 Å². The molecular weight excluding hydrogens is 258 g/mol. The van der Waals surface area contributed by atoms with Gasteiger partial charge >= 0.3 is 0 Å². The zero-order valence-electron chi connectivity index (χ0n) is 13.0. The highest BCUT2D eigenvalue weighted by Crippen LogP contribution is 2.24. The van der Waals surface area contributed by atoms with Gasteiger partial charge in [0.25, 0.3) is 0 Å². The van der Waals surface area contributed by atoms with Crippen LogP contribution in [0.1, 0.15) is 65.5 Å². The molecule has 0 saturated carbocycles. The molecule has 0 saturated heterocycles. The van der Waals surface area contributed by atoms with Crippen LogP contribution in [0.5, 0.6) is 0 Å². The van der Waals surface area contributed by atoms with Gasteiger partial charge in [-0.3, -0.25) is 0 Å². The van der Waals surface area contributed by atoms with Crippen LogP contribution in [-0.4, -0.2) is 26.4 Å². The Morgan fingerprint density at radius 2 is 1.20 bits per heavy atom. The molecule has 0 aromatic carbocycles. The first-order valence-electron chi connectivity index (χ1n) is 6.66. The number of aromatic nitrogens is 1. The maximum absolute atomic E-state index is 9.99. The second kappa shape index (κ2) is 6.18. The summed E-state index contributed by atoms with van der Waals surface area (Å²) in [6.45, 7) is 11.1. The van der Waals surface area contributed by atoms with E-state index in [0.29, 0.717) is 11.4 Å². The van der Waals surface area contributed by atoms with Crippen molar-refractivity contribution in [1.82, 2.24) is 4.98 Å². The van der Waals surface area contributed by atoms with Crippen molar-refractivity contribution < 1.29 is 19.7 Å². The molecule has 2 unspecified atom stereocenters. The van der Waals surface area contributed by atoms with Gasteiger partial charge in [0.1, 0.15) is 0 Å². The van der Waals surface area contributed by atoms with Gasteiger partial charge in [0.15, 0.2) is 12.6 Å². The maximum Gasteiger partial charge on any atom is 0.199 e. The van der Waals surface area contributed by atoms with E-state index in [9.17, 15) is 10.2 Å². The highest BCUT2D eigenvalue weighted by Gasteiger charge is 2.22. The van der Waals surface area contributed by atoms with E-state index in [2.05, 4.69) is 4.98 Å². The van der Waals surface area contributed by atoms with Crippen molar-refractivity contribution in [2.24, 2.45) is 0 Å². The molecule has 114 valence electrons. The zero-order valence-corrected chi connectivity index (χ0v) is 13.0. The summed E-state index contributed by atoms with van der Waals surface area (Å²) in [5.41, 5.74) is -0.294. The lowest BCUT2D eigenvalue weighted by molar-refractivity contribution is -0.176. The minimum Gasteiger partial charge on any atom is -0.363 e. The van der Waals surface area contributed by atoms with Gasteiger partial charge in [0.05, 0.1) is 22.6 Å². The highest BCUT2D eigenvalue weighted by molar-refractivity contribution is 5.13. The van der Waals surface area contributed by atoms with Gasteiger partial charge in [0.2, 0.25) is 0 Å². The Bertz CT molecular complexity index is 397. The predicted molar refractivity (Wildman–Crippen MR) is 75.8 cm³/mol. The maximum atomic E-state index is 9.99. The number of nitrogens with zero attached hydrogens (tertiary/aromatic N) is 1. The molecule has 0 fully saturated rings. The molecule has 2 atom stereocenters. The van der Waals surface area contributed by atoms with Gasteiger partial charge in [-0.15, -0.1) is 0 Å². The summed E-state index contributed by atoms with van der Waals surface area (Å²) in [4.78, 5) is 4.19. The van der Waals surface area contributed by atoms with Crippen LogP contribution in [0.2, 0.25) is 0 Å². The molecule has 0 bridgehead atoms. The summed E-state index contributed by atoms with van der Waals surface area (Å²) in [6, 6.07) is 4.98. The number of hydrogen-bond donors (Lipinski definition) is 2.